The van der Waals surface area contributed by atoms with Crippen LogP contribution in [0.5, 0.6) is 0 Å². The summed E-state index contributed by atoms with van der Waals surface area (Å²) in [5.74, 6) is 0.606. The van der Waals surface area contributed by atoms with Gasteiger partial charge in [-0.15, -0.1) is 0 Å². The molecule has 0 amide bonds. The number of anilines is 5. The number of aryl methyl sites for hydroxylation is 1. The van der Waals surface area contributed by atoms with E-state index in [0.717, 1.165) is 52.4 Å². The van der Waals surface area contributed by atoms with Gasteiger partial charge in [-0.2, -0.15) is 0 Å². The van der Waals surface area contributed by atoms with Crippen molar-refractivity contribution < 1.29 is 0 Å². The SMILES string of the molecule is C=Cc1ccc(N(C2=CCC(CCCCC)C=C2)c2ccc3c4ccc(N(c5ccc(C=C)cc5)c5ccc(CCCCC)cc5)cc4c4ccccc4c3c2)cc1.CC.CCC. The molecular weight excluding hydrogens is 761 g/mol. The molecule has 0 spiro atoms. The second-order valence-electron chi connectivity index (χ2n) is 16.6. The van der Waals surface area contributed by atoms with Crippen LogP contribution in [-0.2, 0) is 6.42 Å². The first-order chi connectivity index (χ1) is 31.0. The van der Waals surface area contributed by atoms with Crippen molar-refractivity contribution in [2.45, 2.75) is 106 Å². The van der Waals surface area contributed by atoms with Crippen LogP contribution < -0.4 is 9.80 Å². The number of hydrogen-bond donors (Lipinski definition) is 0. The van der Waals surface area contributed by atoms with Gasteiger partial charge in [0, 0.05) is 34.1 Å². The van der Waals surface area contributed by atoms with E-state index in [0.29, 0.717) is 5.92 Å². The van der Waals surface area contributed by atoms with Crippen LogP contribution in [0, 0.1) is 5.92 Å². The van der Waals surface area contributed by atoms with Gasteiger partial charge in [0.15, 0.2) is 0 Å². The van der Waals surface area contributed by atoms with E-state index >= 15 is 0 Å². The van der Waals surface area contributed by atoms with Gasteiger partial charge in [-0.25, -0.2) is 0 Å². The highest BCUT2D eigenvalue weighted by molar-refractivity contribution is 6.26. The Kier molecular flexibility index (Phi) is 17.2. The van der Waals surface area contributed by atoms with E-state index in [1.165, 1.54) is 94.9 Å². The van der Waals surface area contributed by atoms with Gasteiger partial charge in [-0.1, -0.05) is 190 Å². The van der Waals surface area contributed by atoms with Gasteiger partial charge in [-0.05, 0) is 147 Å². The van der Waals surface area contributed by atoms with Crippen LogP contribution in [0.25, 0.3) is 44.5 Å². The summed E-state index contributed by atoms with van der Waals surface area (Å²) in [6, 6.07) is 49.7. The molecule has 0 heterocycles. The molecule has 1 atom stereocenters. The average Bonchev–Trinajstić information content (AvgIpc) is 3.34. The molecule has 7 aromatic carbocycles. The number of nitrogens with zero attached hydrogens (tertiary/aromatic N) is 2. The summed E-state index contributed by atoms with van der Waals surface area (Å²) < 4.78 is 0. The third-order valence-electron chi connectivity index (χ3n) is 12.0. The minimum atomic E-state index is 0.606. The molecule has 0 aromatic heterocycles. The summed E-state index contributed by atoms with van der Waals surface area (Å²) in [6.45, 7) is 20.8. The number of benzene rings is 7. The molecule has 63 heavy (non-hydrogen) atoms. The first kappa shape index (κ1) is 46.4. The first-order valence-corrected chi connectivity index (χ1v) is 23.9. The molecular formula is C61H70N2. The number of hydrogen-bond acceptors (Lipinski definition) is 2. The molecule has 2 heteroatoms. The van der Waals surface area contributed by atoms with Crippen molar-refractivity contribution in [2.75, 3.05) is 9.80 Å². The second-order valence-corrected chi connectivity index (χ2v) is 16.6. The molecule has 0 N–H and O–H groups in total. The molecule has 0 bridgehead atoms. The van der Waals surface area contributed by atoms with E-state index in [1.54, 1.807) is 0 Å². The Morgan fingerprint density at radius 1 is 0.508 bits per heavy atom. The third-order valence-corrected chi connectivity index (χ3v) is 12.0. The fraction of sp³-hybridized carbons (Fsp3) is 0.279. The fourth-order valence-corrected chi connectivity index (χ4v) is 8.70. The fourth-order valence-electron chi connectivity index (χ4n) is 8.70. The molecule has 7 aromatic rings. The van der Waals surface area contributed by atoms with Crippen LogP contribution in [0.2, 0.25) is 0 Å². The van der Waals surface area contributed by atoms with Crippen LogP contribution in [0.4, 0.5) is 28.4 Å². The highest BCUT2D eigenvalue weighted by Gasteiger charge is 2.20. The smallest absolute Gasteiger partial charge is 0.0468 e. The molecule has 1 aliphatic carbocycles. The minimum absolute atomic E-state index is 0.606. The predicted molar refractivity (Wildman–Crippen MR) is 282 cm³/mol. The van der Waals surface area contributed by atoms with Crippen molar-refractivity contribution >= 4 is 72.9 Å². The van der Waals surface area contributed by atoms with E-state index < -0.39 is 0 Å². The standard InChI is InChI=1S/C56H56N2.C3H8.C2H6/c1-5-9-11-15-43-23-31-47(32-24-43)57(45-27-19-41(7-3)20-28-45)49-35-37-53-54-38-36-50(40-56(54)52-18-14-13-17-51(52)55(53)39-49)58(46-29-21-42(8-4)22-30-46)48-33-25-44(26-34-48)16-12-10-6-2;1-3-2;1-2/h7-8,13-14,17-25,27-40,44H,3-6,9-12,15-16,26H2,1-2H3;3H2,1-2H3;1-2H3. The normalized spacial score (nSPS) is 13.1. The van der Waals surface area contributed by atoms with E-state index in [2.05, 4.69) is 202 Å². The van der Waals surface area contributed by atoms with E-state index in [9.17, 15) is 0 Å². The average molecular weight is 831 g/mol. The molecule has 8 rings (SSSR count). The van der Waals surface area contributed by atoms with Crippen molar-refractivity contribution in [3.05, 3.63) is 187 Å². The monoisotopic (exact) mass is 831 g/mol. The van der Waals surface area contributed by atoms with Crippen molar-refractivity contribution in [1.82, 2.24) is 0 Å². The predicted octanol–water partition coefficient (Wildman–Crippen LogP) is 19.3. The zero-order valence-corrected chi connectivity index (χ0v) is 39.0. The van der Waals surface area contributed by atoms with E-state index in [4.69, 9.17) is 0 Å². The van der Waals surface area contributed by atoms with Gasteiger partial charge >= 0.3 is 0 Å². The second kappa shape index (κ2) is 23.4. The van der Waals surface area contributed by atoms with Crippen LogP contribution >= 0.6 is 0 Å². The van der Waals surface area contributed by atoms with Crippen molar-refractivity contribution in [3.8, 4) is 0 Å². The highest BCUT2D eigenvalue weighted by atomic mass is 15.1. The Morgan fingerprint density at radius 2 is 0.952 bits per heavy atom. The molecule has 1 aliphatic rings. The van der Waals surface area contributed by atoms with Crippen molar-refractivity contribution in [2.24, 2.45) is 5.92 Å². The van der Waals surface area contributed by atoms with Gasteiger partial charge < -0.3 is 9.80 Å². The zero-order valence-electron chi connectivity index (χ0n) is 39.0. The van der Waals surface area contributed by atoms with Gasteiger partial charge in [0.05, 0.1) is 0 Å². The van der Waals surface area contributed by atoms with Gasteiger partial charge in [-0.3, -0.25) is 0 Å². The summed E-state index contributed by atoms with van der Waals surface area (Å²) in [5, 5.41) is 7.54. The minimum Gasteiger partial charge on any atom is -0.311 e. The molecule has 324 valence electrons. The van der Waals surface area contributed by atoms with Crippen LogP contribution in [-0.4, -0.2) is 0 Å². The molecule has 1 unspecified atom stereocenters. The summed E-state index contributed by atoms with van der Waals surface area (Å²) in [5.41, 5.74) is 10.6. The number of allylic oxidation sites excluding steroid dienone is 3. The third kappa shape index (κ3) is 11.1. The lowest BCUT2D eigenvalue weighted by atomic mass is 9.92. The molecule has 2 nitrogen and oxygen atoms in total. The lowest BCUT2D eigenvalue weighted by molar-refractivity contribution is 0.540. The Labute approximate surface area is 380 Å². The maximum Gasteiger partial charge on any atom is 0.0468 e. The molecule has 0 saturated heterocycles. The van der Waals surface area contributed by atoms with Gasteiger partial charge in [0.1, 0.15) is 0 Å². The van der Waals surface area contributed by atoms with E-state index in [-0.39, 0.29) is 0 Å². The van der Waals surface area contributed by atoms with Gasteiger partial charge in [0.2, 0.25) is 0 Å². The van der Waals surface area contributed by atoms with Crippen molar-refractivity contribution in [3.63, 3.8) is 0 Å². The Bertz CT molecular complexity index is 2590. The number of unbranched alkanes of at least 4 members (excludes halogenated alkanes) is 4. The largest absolute Gasteiger partial charge is 0.311 e. The van der Waals surface area contributed by atoms with Crippen LogP contribution in [0.1, 0.15) is 116 Å². The van der Waals surface area contributed by atoms with Gasteiger partial charge in [0.25, 0.3) is 0 Å². The number of fused-ring (bicyclic) bond motifs is 6. The summed E-state index contributed by atoms with van der Waals surface area (Å²) in [7, 11) is 0. The zero-order chi connectivity index (χ0) is 44.6. The quantitative estimate of drug-likeness (QED) is 0.0707. The highest BCUT2D eigenvalue weighted by Crippen LogP contribution is 2.43. The molecule has 0 aliphatic heterocycles. The first-order valence-electron chi connectivity index (χ1n) is 23.9. The summed E-state index contributed by atoms with van der Waals surface area (Å²) in [6.07, 6.45) is 23.3. The molecule has 0 saturated carbocycles. The topological polar surface area (TPSA) is 6.48 Å². The Morgan fingerprint density at radius 3 is 1.43 bits per heavy atom. The molecule has 0 radical (unpaired) electrons. The van der Waals surface area contributed by atoms with Crippen molar-refractivity contribution in [1.29, 1.82) is 0 Å². The summed E-state index contributed by atoms with van der Waals surface area (Å²) >= 11 is 0. The maximum absolute atomic E-state index is 4.00. The van der Waals surface area contributed by atoms with Crippen LogP contribution in [0.15, 0.2) is 171 Å². The summed E-state index contributed by atoms with van der Waals surface area (Å²) in [4.78, 5) is 4.82. The Balaban J connectivity index is 0.00000127. The van der Waals surface area contributed by atoms with Crippen LogP contribution in [0.3, 0.4) is 0 Å². The Hall–Kier alpha value is -6.12. The molecule has 0 fully saturated rings. The lowest BCUT2D eigenvalue weighted by Gasteiger charge is -2.29. The van der Waals surface area contributed by atoms with E-state index in [1.807, 2.05) is 26.0 Å². The number of rotatable bonds is 16. The maximum atomic E-state index is 4.00. The lowest BCUT2D eigenvalue weighted by Crippen LogP contribution is -2.17.